The van der Waals surface area contributed by atoms with E-state index in [0.29, 0.717) is 5.82 Å². The van der Waals surface area contributed by atoms with E-state index >= 15 is 0 Å². The summed E-state index contributed by atoms with van der Waals surface area (Å²) < 4.78 is 2.32. The van der Waals surface area contributed by atoms with Crippen LogP contribution >= 0.6 is 22.9 Å². The molecule has 2 nitrogen and oxygen atoms in total. The van der Waals surface area contributed by atoms with Crippen LogP contribution in [0.4, 0.5) is 0 Å². The van der Waals surface area contributed by atoms with Crippen molar-refractivity contribution in [3.05, 3.63) is 108 Å². The van der Waals surface area contributed by atoms with Gasteiger partial charge in [0, 0.05) is 32.2 Å². The van der Waals surface area contributed by atoms with Crippen LogP contribution in [0.5, 0.6) is 0 Å². The molecule has 4 aromatic carbocycles. The monoisotopic (exact) mass is 448 g/mol. The average molecular weight is 449 g/mol. The van der Waals surface area contributed by atoms with Crippen LogP contribution in [-0.2, 0) is 0 Å². The van der Waals surface area contributed by atoms with Gasteiger partial charge in [0.25, 0.3) is 0 Å². The molecule has 6 rings (SSSR count). The topological polar surface area (TPSA) is 25.8 Å². The normalized spacial score (nSPS) is 11.3. The molecule has 0 aliphatic heterocycles. The number of nitrogens with zero attached hydrogens (tertiary/aromatic N) is 2. The molecule has 0 N–H and O–H groups in total. The van der Waals surface area contributed by atoms with Crippen molar-refractivity contribution in [1.82, 2.24) is 9.97 Å². The first kappa shape index (κ1) is 19.2. The Morgan fingerprint density at radius 3 is 1.88 bits per heavy atom. The lowest BCUT2D eigenvalue weighted by Crippen LogP contribution is -1.95. The Hall–Kier alpha value is -3.53. The van der Waals surface area contributed by atoms with E-state index in [2.05, 4.69) is 54.6 Å². The maximum atomic E-state index is 6.45. The van der Waals surface area contributed by atoms with Gasteiger partial charge in [0.2, 0.25) is 0 Å². The minimum atomic E-state index is 0.716. The number of halogens is 1. The second-order valence-electron chi connectivity index (χ2n) is 7.62. The van der Waals surface area contributed by atoms with E-state index in [4.69, 9.17) is 21.6 Å². The van der Waals surface area contributed by atoms with Gasteiger partial charge in [-0.15, -0.1) is 11.3 Å². The van der Waals surface area contributed by atoms with Gasteiger partial charge >= 0.3 is 0 Å². The lowest BCUT2D eigenvalue weighted by molar-refractivity contribution is 1.18. The number of thiophene rings is 1. The Kier molecular flexibility index (Phi) is 4.71. The van der Waals surface area contributed by atoms with Crippen LogP contribution in [0.15, 0.2) is 103 Å². The van der Waals surface area contributed by atoms with Gasteiger partial charge < -0.3 is 0 Å². The molecule has 0 aliphatic rings. The van der Waals surface area contributed by atoms with Crippen LogP contribution in [0.1, 0.15) is 0 Å². The van der Waals surface area contributed by atoms with E-state index in [1.165, 1.54) is 15.5 Å². The predicted molar refractivity (Wildman–Crippen MR) is 136 cm³/mol. The summed E-state index contributed by atoms with van der Waals surface area (Å²) in [5.74, 6) is 0.716. The summed E-state index contributed by atoms with van der Waals surface area (Å²) in [7, 11) is 0. The molecule has 0 fully saturated rings. The Labute approximate surface area is 194 Å². The lowest BCUT2D eigenvalue weighted by Gasteiger charge is -2.09. The predicted octanol–water partition coefficient (Wildman–Crippen LogP) is 8.50. The molecule has 2 aromatic heterocycles. The molecule has 0 atom stereocenters. The summed E-state index contributed by atoms with van der Waals surface area (Å²) in [6, 6.07) is 35.1. The van der Waals surface area contributed by atoms with Gasteiger partial charge in [-0.25, -0.2) is 9.97 Å². The van der Waals surface area contributed by atoms with Crippen molar-refractivity contribution in [2.75, 3.05) is 0 Å². The summed E-state index contributed by atoms with van der Waals surface area (Å²) in [6.45, 7) is 0. The largest absolute Gasteiger partial charge is 0.228 e. The summed E-state index contributed by atoms with van der Waals surface area (Å²) >= 11 is 8.17. The second kappa shape index (κ2) is 7.86. The highest BCUT2D eigenvalue weighted by molar-refractivity contribution is 7.26. The van der Waals surface area contributed by atoms with Crippen molar-refractivity contribution in [3.8, 4) is 33.9 Å². The zero-order chi connectivity index (χ0) is 21.5. The van der Waals surface area contributed by atoms with Crippen LogP contribution in [-0.4, -0.2) is 9.97 Å². The van der Waals surface area contributed by atoms with Crippen molar-refractivity contribution in [2.24, 2.45) is 0 Å². The molecule has 0 aliphatic carbocycles. The molecule has 0 spiro atoms. The highest BCUT2D eigenvalue weighted by atomic mass is 35.5. The smallest absolute Gasteiger partial charge is 0.160 e. The molecule has 32 heavy (non-hydrogen) atoms. The maximum Gasteiger partial charge on any atom is 0.160 e. The van der Waals surface area contributed by atoms with Crippen LogP contribution < -0.4 is 0 Å². The molecule has 0 bridgehead atoms. The first-order valence-electron chi connectivity index (χ1n) is 10.4. The highest BCUT2D eigenvalue weighted by Gasteiger charge is 2.13. The average Bonchev–Trinajstić information content (AvgIpc) is 3.24. The Morgan fingerprint density at radius 2 is 1.22 bits per heavy atom. The third-order valence-corrected chi connectivity index (χ3v) is 7.22. The summed E-state index contributed by atoms with van der Waals surface area (Å²) in [5.41, 5.74) is 4.96. The van der Waals surface area contributed by atoms with Crippen molar-refractivity contribution in [1.29, 1.82) is 0 Å². The number of benzene rings is 4. The third-order valence-electron chi connectivity index (χ3n) is 5.57. The zero-order valence-corrected chi connectivity index (χ0v) is 18.6. The second-order valence-corrected chi connectivity index (χ2v) is 9.08. The number of hydrogen-bond donors (Lipinski definition) is 0. The number of rotatable bonds is 3. The molecule has 0 amide bonds. The van der Waals surface area contributed by atoms with Crippen LogP contribution in [0, 0.1) is 0 Å². The molecule has 0 saturated heterocycles. The Bertz CT molecular complexity index is 1520. The van der Waals surface area contributed by atoms with E-state index in [1.54, 1.807) is 11.3 Å². The standard InChI is InChI=1S/C28H17ClN2S/c29-23-13-7-12-21-22-16-20(14-15-26(22)32-27(21)23)28-30-24(18-8-3-1-4-9-18)17-25(31-28)19-10-5-2-6-11-19/h1-17H. The molecule has 152 valence electrons. The van der Waals surface area contributed by atoms with Crippen molar-refractivity contribution in [2.45, 2.75) is 0 Å². The summed E-state index contributed by atoms with van der Waals surface area (Å²) in [5, 5.41) is 3.14. The third kappa shape index (κ3) is 3.36. The SMILES string of the molecule is Clc1cccc2c1sc1ccc(-c3nc(-c4ccccc4)cc(-c4ccccc4)n3)cc12. The molecular formula is C28H17ClN2S. The minimum absolute atomic E-state index is 0.716. The maximum absolute atomic E-state index is 6.45. The van der Waals surface area contributed by atoms with E-state index < -0.39 is 0 Å². The number of fused-ring (bicyclic) bond motifs is 3. The molecule has 6 aromatic rings. The minimum Gasteiger partial charge on any atom is -0.228 e. The van der Waals surface area contributed by atoms with E-state index in [9.17, 15) is 0 Å². The molecule has 0 radical (unpaired) electrons. The fourth-order valence-corrected chi connectivity index (χ4v) is 5.37. The van der Waals surface area contributed by atoms with Gasteiger partial charge in [-0.05, 0) is 30.3 Å². The van der Waals surface area contributed by atoms with Gasteiger partial charge in [0.1, 0.15) is 0 Å². The van der Waals surface area contributed by atoms with E-state index in [1.807, 2.05) is 48.5 Å². The zero-order valence-electron chi connectivity index (χ0n) is 17.0. The summed E-state index contributed by atoms with van der Waals surface area (Å²) in [6.07, 6.45) is 0. The van der Waals surface area contributed by atoms with Gasteiger partial charge in [-0.3, -0.25) is 0 Å². The first-order valence-corrected chi connectivity index (χ1v) is 11.6. The van der Waals surface area contributed by atoms with Crippen molar-refractivity contribution >= 4 is 43.1 Å². The van der Waals surface area contributed by atoms with Gasteiger partial charge in [-0.1, -0.05) is 84.4 Å². The van der Waals surface area contributed by atoms with E-state index in [-0.39, 0.29) is 0 Å². The van der Waals surface area contributed by atoms with Gasteiger partial charge in [0.05, 0.1) is 21.1 Å². The fraction of sp³-hybridized carbons (Fsp3) is 0. The molecule has 2 heterocycles. The molecule has 0 saturated carbocycles. The van der Waals surface area contributed by atoms with Crippen LogP contribution in [0.3, 0.4) is 0 Å². The first-order chi connectivity index (χ1) is 15.8. The highest BCUT2D eigenvalue weighted by Crippen LogP contribution is 2.39. The summed E-state index contributed by atoms with van der Waals surface area (Å²) in [4.78, 5) is 9.91. The van der Waals surface area contributed by atoms with Crippen LogP contribution in [0.25, 0.3) is 54.1 Å². The number of hydrogen-bond acceptors (Lipinski definition) is 3. The van der Waals surface area contributed by atoms with Crippen molar-refractivity contribution in [3.63, 3.8) is 0 Å². The quantitative estimate of drug-likeness (QED) is 0.271. The fourth-order valence-electron chi connectivity index (χ4n) is 3.99. The Morgan fingerprint density at radius 1 is 0.562 bits per heavy atom. The van der Waals surface area contributed by atoms with Gasteiger partial charge in [0.15, 0.2) is 5.82 Å². The van der Waals surface area contributed by atoms with Crippen LogP contribution in [0.2, 0.25) is 5.02 Å². The lowest BCUT2D eigenvalue weighted by atomic mass is 10.1. The van der Waals surface area contributed by atoms with E-state index in [0.717, 1.165) is 37.8 Å². The molecule has 4 heteroatoms. The Balaban J connectivity index is 1.58. The molecular weight excluding hydrogens is 432 g/mol. The number of aromatic nitrogens is 2. The molecule has 0 unspecified atom stereocenters. The van der Waals surface area contributed by atoms with Gasteiger partial charge in [-0.2, -0.15) is 0 Å². The van der Waals surface area contributed by atoms with Crippen molar-refractivity contribution < 1.29 is 0 Å².